The van der Waals surface area contributed by atoms with E-state index in [1.54, 1.807) is 6.07 Å². The van der Waals surface area contributed by atoms with Crippen LogP contribution in [0, 0.1) is 17.0 Å². The number of nitrogens with one attached hydrogen (secondary N) is 1. The van der Waals surface area contributed by atoms with Crippen molar-refractivity contribution in [3.63, 3.8) is 0 Å². The summed E-state index contributed by atoms with van der Waals surface area (Å²) in [7, 11) is 0. The summed E-state index contributed by atoms with van der Waals surface area (Å²) in [6.07, 6.45) is 2.15. The minimum absolute atomic E-state index is 0.0823. The SMILES string of the molecule is N#CB1CCN(c2ccc(C3CCC(=O)NC3=O)c(F)c2)CC1. The topological polar surface area (TPSA) is 73.2 Å². The lowest BCUT2D eigenvalue weighted by Gasteiger charge is -2.30. The van der Waals surface area contributed by atoms with Gasteiger partial charge in [0.2, 0.25) is 11.8 Å². The Kier molecular flexibility index (Phi) is 4.33. The third-order valence-electron chi connectivity index (χ3n) is 4.64. The first kappa shape index (κ1) is 15.5. The van der Waals surface area contributed by atoms with E-state index in [9.17, 15) is 14.0 Å². The molecule has 2 amide bonds. The normalized spacial score (nSPS) is 21.8. The van der Waals surface area contributed by atoms with E-state index < -0.39 is 17.6 Å². The van der Waals surface area contributed by atoms with Crippen LogP contribution in [0.1, 0.15) is 24.3 Å². The molecule has 1 N–H and O–H groups in total. The number of hydrogen-bond acceptors (Lipinski definition) is 4. The third kappa shape index (κ3) is 3.21. The maximum Gasteiger partial charge on any atom is 0.271 e. The van der Waals surface area contributed by atoms with Gasteiger partial charge in [-0.3, -0.25) is 14.9 Å². The Bertz CT molecular complexity index is 680. The van der Waals surface area contributed by atoms with Crippen molar-refractivity contribution in [2.45, 2.75) is 31.4 Å². The van der Waals surface area contributed by atoms with Gasteiger partial charge in [0.15, 0.2) is 0 Å². The Morgan fingerprint density at radius 2 is 2.04 bits per heavy atom. The van der Waals surface area contributed by atoms with Gasteiger partial charge in [-0.25, -0.2) is 9.65 Å². The van der Waals surface area contributed by atoms with Gasteiger partial charge in [0, 0.05) is 36.7 Å². The molecule has 7 heteroatoms. The molecule has 0 spiro atoms. The summed E-state index contributed by atoms with van der Waals surface area (Å²) in [6, 6.07) is 4.90. The summed E-state index contributed by atoms with van der Waals surface area (Å²) in [5.74, 6) is 0.522. The molecular weight excluding hydrogens is 296 g/mol. The molecule has 1 aromatic carbocycles. The van der Waals surface area contributed by atoms with Crippen molar-refractivity contribution < 1.29 is 14.0 Å². The van der Waals surface area contributed by atoms with Crippen LogP contribution in [0.15, 0.2) is 18.2 Å². The van der Waals surface area contributed by atoms with Crippen molar-refractivity contribution >= 4 is 24.2 Å². The van der Waals surface area contributed by atoms with Crippen molar-refractivity contribution in [1.29, 1.82) is 5.26 Å². The van der Waals surface area contributed by atoms with Crippen molar-refractivity contribution in [2.75, 3.05) is 18.0 Å². The van der Waals surface area contributed by atoms with E-state index in [1.165, 1.54) is 6.07 Å². The monoisotopic (exact) mass is 313 g/mol. The number of halogens is 1. The Balaban J connectivity index is 1.75. The van der Waals surface area contributed by atoms with Gasteiger partial charge in [-0.15, -0.1) is 0 Å². The van der Waals surface area contributed by atoms with Gasteiger partial charge in [-0.1, -0.05) is 6.07 Å². The van der Waals surface area contributed by atoms with Crippen LogP contribution in [0.4, 0.5) is 10.1 Å². The second kappa shape index (κ2) is 6.41. The summed E-state index contributed by atoms with van der Waals surface area (Å²) in [5, 5.41) is 11.2. The number of imide groups is 1. The number of hydrogen-bond donors (Lipinski definition) is 1. The van der Waals surface area contributed by atoms with Crippen LogP contribution < -0.4 is 10.2 Å². The van der Waals surface area contributed by atoms with Crippen LogP contribution in [0.5, 0.6) is 0 Å². The zero-order chi connectivity index (χ0) is 16.4. The highest BCUT2D eigenvalue weighted by Crippen LogP contribution is 2.30. The quantitative estimate of drug-likeness (QED) is 0.666. The molecule has 0 radical (unpaired) electrons. The lowest BCUT2D eigenvalue weighted by atomic mass is 9.45. The first-order valence-corrected chi connectivity index (χ1v) is 7.86. The summed E-state index contributed by atoms with van der Waals surface area (Å²) >= 11 is 0. The molecule has 1 atom stereocenters. The molecule has 118 valence electrons. The average Bonchev–Trinajstić information content (AvgIpc) is 2.55. The predicted octanol–water partition coefficient (Wildman–Crippen LogP) is 1.72. The van der Waals surface area contributed by atoms with E-state index >= 15 is 0 Å². The van der Waals surface area contributed by atoms with Crippen molar-refractivity contribution in [1.82, 2.24) is 5.32 Å². The second-order valence-corrected chi connectivity index (χ2v) is 6.10. The molecule has 2 aliphatic rings. The van der Waals surface area contributed by atoms with Gasteiger partial charge in [0.05, 0.1) is 5.92 Å². The van der Waals surface area contributed by atoms with Gasteiger partial charge >= 0.3 is 0 Å². The van der Waals surface area contributed by atoms with Gasteiger partial charge in [0.25, 0.3) is 6.71 Å². The summed E-state index contributed by atoms with van der Waals surface area (Å²) in [4.78, 5) is 25.1. The average molecular weight is 313 g/mol. The molecule has 0 aliphatic carbocycles. The molecule has 2 heterocycles. The number of nitriles is 1. The summed E-state index contributed by atoms with van der Waals surface area (Å²) < 4.78 is 14.5. The highest BCUT2D eigenvalue weighted by molar-refractivity contribution is 6.67. The summed E-state index contributed by atoms with van der Waals surface area (Å²) in [5.41, 5.74) is 1.11. The fraction of sp³-hybridized carbons (Fsp3) is 0.438. The van der Waals surface area contributed by atoms with Crippen LogP contribution >= 0.6 is 0 Å². The number of amides is 2. The van der Waals surface area contributed by atoms with Crippen molar-refractivity contribution in [3.8, 4) is 5.97 Å². The van der Waals surface area contributed by atoms with Gasteiger partial charge in [-0.05, 0) is 31.2 Å². The molecule has 0 bridgehead atoms. The zero-order valence-electron chi connectivity index (χ0n) is 12.7. The fourth-order valence-electron chi connectivity index (χ4n) is 3.25. The Morgan fingerprint density at radius 1 is 1.30 bits per heavy atom. The van der Waals surface area contributed by atoms with Gasteiger partial charge < -0.3 is 4.90 Å². The molecule has 2 aliphatic heterocycles. The van der Waals surface area contributed by atoms with Gasteiger partial charge in [0.1, 0.15) is 5.82 Å². The molecule has 1 unspecified atom stereocenters. The lowest BCUT2D eigenvalue weighted by molar-refractivity contribution is -0.134. The van der Waals surface area contributed by atoms with E-state index in [4.69, 9.17) is 5.26 Å². The van der Waals surface area contributed by atoms with E-state index in [1.807, 2.05) is 6.07 Å². The van der Waals surface area contributed by atoms with Crippen molar-refractivity contribution in [2.24, 2.45) is 0 Å². The molecule has 2 fully saturated rings. The van der Waals surface area contributed by atoms with E-state index in [0.717, 1.165) is 31.4 Å². The van der Waals surface area contributed by atoms with Gasteiger partial charge in [-0.2, -0.15) is 0 Å². The molecule has 0 saturated carbocycles. The Labute approximate surface area is 134 Å². The van der Waals surface area contributed by atoms with Crippen molar-refractivity contribution in [3.05, 3.63) is 29.6 Å². The minimum Gasteiger partial charge on any atom is -0.373 e. The van der Waals surface area contributed by atoms with E-state index in [2.05, 4.69) is 16.2 Å². The van der Waals surface area contributed by atoms with Crippen LogP contribution in [-0.2, 0) is 9.59 Å². The first-order valence-electron chi connectivity index (χ1n) is 7.86. The number of nitrogens with zero attached hydrogens (tertiary/aromatic N) is 2. The third-order valence-corrected chi connectivity index (χ3v) is 4.64. The first-order chi connectivity index (χ1) is 11.1. The Hall–Kier alpha value is -2.36. The number of benzene rings is 1. The van der Waals surface area contributed by atoms with E-state index in [0.29, 0.717) is 12.0 Å². The maximum absolute atomic E-state index is 14.5. The summed E-state index contributed by atoms with van der Waals surface area (Å²) in [6.45, 7) is 1.55. The number of rotatable bonds is 2. The predicted molar refractivity (Wildman–Crippen MR) is 84.7 cm³/mol. The number of anilines is 1. The highest BCUT2D eigenvalue weighted by atomic mass is 19.1. The van der Waals surface area contributed by atoms with Crippen LogP contribution in [0.3, 0.4) is 0 Å². The highest BCUT2D eigenvalue weighted by Gasteiger charge is 2.30. The Morgan fingerprint density at radius 3 is 2.65 bits per heavy atom. The number of carbonyl (C=O) groups is 2. The minimum atomic E-state index is -0.605. The molecule has 1 aromatic rings. The molecular formula is C16H17BFN3O2. The smallest absolute Gasteiger partial charge is 0.271 e. The van der Waals surface area contributed by atoms with Crippen LogP contribution in [0.25, 0.3) is 0 Å². The zero-order valence-corrected chi connectivity index (χ0v) is 12.7. The second-order valence-electron chi connectivity index (χ2n) is 6.10. The molecule has 0 aromatic heterocycles. The maximum atomic E-state index is 14.5. The molecule has 3 rings (SSSR count). The largest absolute Gasteiger partial charge is 0.373 e. The number of piperidine rings is 1. The molecule has 23 heavy (non-hydrogen) atoms. The standard InChI is InChI=1S/C16H17BFN3O2/c18-14-9-11(21-7-5-17(10-19)6-8-21)1-2-12(14)13-3-4-15(22)20-16(13)23/h1-2,9,13H,3-8H2,(H,20,22,23). The molecule has 2 saturated heterocycles. The lowest BCUT2D eigenvalue weighted by Crippen LogP contribution is -2.40. The van der Waals surface area contributed by atoms with Crippen LogP contribution in [-0.4, -0.2) is 31.6 Å². The molecule has 5 nitrogen and oxygen atoms in total. The van der Waals surface area contributed by atoms with E-state index in [-0.39, 0.29) is 19.0 Å². The fourth-order valence-corrected chi connectivity index (χ4v) is 3.25. The van der Waals surface area contributed by atoms with Crippen LogP contribution in [0.2, 0.25) is 12.6 Å². The number of carbonyl (C=O) groups excluding carboxylic acids is 2.